The average molecular weight is 543 g/mol. The van der Waals surface area contributed by atoms with E-state index in [9.17, 15) is 22.8 Å². The van der Waals surface area contributed by atoms with Crippen molar-refractivity contribution in [1.82, 2.24) is 19.4 Å². The summed E-state index contributed by atoms with van der Waals surface area (Å²) in [5.41, 5.74) is 0.719. The van der Waals surface area contributed by atoms with E-state index in [1.807, 2.05) is 42.7 Å². The van der Waals surface area contributed by atoms with E-state index in [4.69, 9.17) is 4.74 Å². The van der Waals surface area contributed by atoms with Crippen LogP contribution >= 0.6 is 0 Å². The molecule has 3 aliphatic heterocycles. The number of nitrogens with one attached hydrogen (secondary N) is 1. The highest BCUT2D eigenvalue weighted by Gasteiger charge is 2.55. The third kappa shape index (κ3) is 4.42. The first-order chi connectivity index (χ1) is 18.6. The fraction of sp³-hybridized carbons (Fsp3) is 0.517. The Hall–Kier alpha value is -3.27. The molecule has 0 bridgehead atoms. The molecule has 0 aliphatic carbocycles. The van der Waals surface area contributed by atoms with Crippen LogP contribution in [0.3, 0.4) is 0 Å². The highest BCUT2D eigenvalue weighted by atomic mass is 19.4. The number of amides is 1. The summed E-state index contributed by atoms with van der Waals surface area (Å²) in [6, 6.07) is 11.4. The first-order valence-electron chi connectivity index (χ1n) is 13.7. The van der Waals surface area contributed by atoms with Crippen molar-refractivity contribution in [2.45, 2.75) is 64.5 Å². The second kappa shape index (κ2) is 9.43. The molecule has 3 aromatic rings. The summed E-state index contributed by atoms with van der Waals surface area (Å²) in [6.45, 7) is 6.61. The molecule has 0 saturated carbocycles. The number of carbonyl (C=O) groups is 1. The lowest BCUT2D eigenvalue weighted by molar-refractivity contribution is -0.142. The van der Waals surface area contributed by atoms with Gasteiger partial charge in [0.05, 0.1) is 28.6 Å². The Morgan fingerprint density at radius 1 is 1.10 bits per heavy atom. The lowest BCUT2D eigenvalue weighted by atomic mass is 9.72. The van der Waals surface area contributed by atoms with E-state index in [1.165, 1.54) is 6.07 Å². The van der Waals surface area contributed by atoms with E-state index >= 15 is 0 Å². The molecule has 1 aromatic heterocycles. The van der Waals surface area contributed by atoms with E-state index in [0.29, 0.717) is 24.2 Å². The Morgan fingerprint density at radius 3 is 2.56 bits per heavy atom. The van der Waals surface area contributed by atoms with E-state index in [1.54, 1.807) is 4.90 Å². The fourth-order valence-electron chi connectivity index (χ4n) is 6.71. The molecular weight excluding hydrogens is 509 g/mol. The highest BCUT2D eigenvalue weighted by Crippen LogP contribution is 2.49. The third-order valence-electron chi connectivity index (χ3n) is 9.09. The molecule has 2 fully saturated rings. The summed E-state index contributed by atoms with van der Waals surface area (Å²) in [6.07, 6.45) is -2.05. The standard InChI is InChI=1S/C29H33F3N4O3/c1-18(2)28(16-25-35(26(28)37)17-19-15-20(29(30,31)32)7-8-24(19)39-25)11-14-34-12-9-21(10-13-34)36-23-6-4-3-5-22(23)33-27(36)38/h3-8,15,18,21,25H,9-14,16-17H2,1-2H3,(H,33,38). The van der Waals surface area contributed by atoms with Crippen molar-refractivity contribution < 1.29 is 22.7 Å². The van der Waals surface area contributed by atoms with Gasteiger partial charge in [-0.1, -0.05) is 26.0 Å². The summed E-state index contributed by atoms with van der Waals surface area (Å²) in [4.78, 5) is 33.4. The summed E-state index contributed by atoms with van der Waals surface area (Å²) < 4.78 is 47.7. The fourth-order valence-corrected chi connectivity index (χ4v) is 6.71. The van der Waals surface area contributed by atoms with Crippen molar-refractivity contribution in [3.63, 3.8) is 0 Å². The van der Waals surface area contributed by atoms with Crippen molar-refractivity contribution in [2.75, 3.05) is 19.6 Å². The largest absolute Gasteiger partial charge is 0.470 e. The number of likely N-dealkylation sites (tertiary alicyclic amines) is 1. The maximum atomic E-state index is 13.8. The van der Waals surface area contributed by atoms with Gasteiger partial charge in [0.2, 0.25) is 5.91 Å². The number of aromatic amines is 1. The van der Waals surface area contributed by atoms with Gasteiger partial charge < -0.3 is 19.5 Å². The van der Waals surface area contributed by atoms with Crippen LogP contribution in [0.25, 0.3) is 11.0 Å². The number of rotatable bonds is 5. The number of para-hydroxylation sites is 2. The number of carbonyl (C=O) groups excluding carboxylic acids is 1. The minimum atomic E-state index is -4.45. The molecule has 0 spiro atoms. The number of nitrogens with zero attached hydrogens (tertiary/aromatic N) is 3. The Labute approximate surface area is 224 Å². The Kier molecular flexibility index (Phi) is 6.28. The SMILES string of the molecule is CC(C)C1(CCN2CCC(n3c(=O)[nH]c4ccccc43)CC2)CC2Oc3ccc(C(F)(F)F)cc3CN2C1=O. The summed E-state index contributed by atoms with van der Waals surface area (Å²) in [5, 5.41) is 0. The zero-order chi connectivity index (χ0) is 27.5. The number of hydrogen-bond acceptors (Lipinski definition) is 4. The van der Waals surface area contributed by atoms with Crippen LogP contribution in [0.1, 0.15) is 56.7 Å². The number of halogens is 3. The number of ether oxygens (including phenoxy) is 1. The zero-order valence-corrected chi connectivity index (χ0v) is 22.1. The average Bonchev–Trinajstić information content (AvgIpc) is 3.39. The van der Waals surface area contributed by atoms with Gasteiger partial charge in [0.15, 0.2) is 6.23 Å². The maximum absolute atomic E-state index is 13.8. The number of aromatic nitrogens is 2. The summed E-state index contributed by atoms with van der Waals surface area (Å²) in [7, 11) is 0. The number of benzene rings is 2. The van der Waals surface area contributed by atoms with Gasteiger partial charge in [0, 0.05) is 31.1 Å². The van der Waals surface area contributed by atoms with Gasteiger partial charge in [0.1, 0.15) is 5.75 Å². The molecule has 2 unspecified atom stereocenters. The summed E-state index contributed by atoms with van der Waals surface area (Å²) >= 11 is 0. The van der Waals surface area contributed by atoms with Crippen molar-refractivity contribution in [3.05, 3.63) is 64.1 Å². The minimum Gasteiger partial charge on any atom is -0.470 e. The van der Waals surface area contributed by atoms with Crippen molar-refractivity contribution in [1.29, 1.82) is 0 Å². The Bertz CT molecular complexity index is 1450. The monoisotopic (exact) mass is 542 g/mol. The minimum absolute atomic E-state index is 0.0363. The quantitative estimate of drug-likeness (QED) is 0.483. The van der Waals surface area contributed by atoms with Gasteiger partial charge in [-0.05, 0) is 62.1 Å². The third-order valence-corrected chi connectivity index (χ3v) is 9.09. The lowest BCUT2D eigenvalue weighted by Gasteiger charge is -2.37. The van der Waals surface area contributed by atoms with Gasteiger partial charge in [-0.15, -0.1) is 0 Å². The molecule has 208 valence electrons. The van der Waals surface area contributed by atoms with Gasteiger partial charge >= 0.3 is 11.9 Å². The number of hydrogen-bond donors (Lipinski definition) is 1. The van der Waals surface area contributed by atoms with Crippen molar-refractivity contribution >= 4 is 16.9 Å². The molecule has 7 nitrogen and oxygen atoms in total. The van der Waals surface area contributed by atoms with Crippen LogP contribution in [0.5, 0.6) is 5.75 Å². The van der Waals surface area contributed by atoms with Crippen LogP contribution in [0.2, 0.25) is 0 Å². The molecule has 1 N–H and O–H groups in total. The molecule has 3 aliphatic rings. The maximum Gasteiger partial charge on any atom is 0.416 e. The molecule has 10 heteroatoms. The number of fused-ring (bicyclic) bond motifs is 3. The van der Waals surface area contributed by atoms with E-state index in [-0.39, 0.29) is 30.1 Å². The van der Waals surface area contributed by atoms with E-state index in [2.05, 4.69) is 9.88 Å². The van der Waals surface area contributed by atoms with Crippen LogP contribution in [0.4, 0.5) is 13.2 Å². The van der Waals surface area contributed by atoms with Crippen molar-refractivity contribution in [2.24, 2.45) is 11.3 Å². The molecule has 1 amide bonds. The number of H-pyrrole nitrogens is 1. The molecule has 4 heterocycles. The zero-order valence-electron chi connectivity index (χ0n) is 22.1. The molecule has 0 radical (unpaired) electrons. The van der Waals surface area contributed by atoms with Gasteiger partial charge in [0.25, 0.3) is 0 Å². The van der Waals surface area contributed by atoms with Crippen LogP contribution in [0, 0.1) is 11.3 Å². The van der Waals surface area contributed by atoms with Crippen LogP contribution in [-0.2, 0) is 17.5 Å². The normalized spacial score (nSPS) is 24.3. The lowest BCUT2D eigenvalue weighted by Crippen LogP contribution is -2.44. The van der Waals surface area contributed by atoms with Crippen LogP contribution < -0.4 is 10.4 Å². The van der Waals surface area contributed by atoms with Crippen LogP contribution in [0.15, 0.2) is 47.3 Å². The Morgan fingerprint density at radius 2 is 1.85 bits per heavy atom. The van der Waals surface area contributed by atoms with E-state index in [0.717, 1.165) is 55.6 Å². The topological polar surface area (TPSA) is 70.6 Å². The predicted octanol–water partition coefficient (Wildman–Crippen LogP) is 5.17. The van der Waals surface area contributed by atoms with Crippen molar-refractivity contribution in [3.8, 4) is 5.75 Å². The van der Waals surface area contributed by atoms with Gasteiger partial charge in [-0.3, -0.25) is 9.36 Å². The second-order valence-electron chi connectivity index (χ2n) is 11.5. The molecular formula is C29H33F3N4O3. The second-order valence-corrected chi connectivity index (χ2v) is 11.5. The smallest absolute Gasteiger partial charge is 0.416 e. The van der Waals surface area contributed by atoms with Gasteiger partial charge in [-0.25, -0.2) is 4.79 Å². The van der Waals surface area contributed by atoms with E-state index < -0.39 is 23.4 Å². The molecule has 2 atom stereocenters. The molecule has 39 heavy (non-hydrogen) atoms. The highest BCUT2D eigenvalue weighted by molar-refractivity contribution is 5.86. The molecule has 2 saturated heterocycles. The molecule has 2 aromatic carbocycles. The Balaban J connectivity index is 1.13. The van der Waals surface area contributed by atoms with Gasteiger partial charge in [-0.2, -0.15) is 13.2 Å². The number of piperidine rings is 1. The number of imidazole rings is 1. The first kappa shape index (κ1) is 26.0. The summed E-state index contributed by atoms with van der Waals surface area (Å²) in [5.74, 6) is 0.437. The first-order valence-corrected chi connectivity index (χ1v) is 13.7. The van der Waals surface area contributed by atoms with Crippen LogP contribution in [-0.4, -0.2) is 51.1 Å². The predicted molar refractivity (Wildman–Crippen MR) is 140 cm³/mol. The number of alkyl halides is 3. The molecule has 6 rings (SSSR count).